The summed E-state index contributed by atoms with van der Waals surface area (Å²) in [7, 11) is 0. The molecule has 0 aliphatic rings. The number of hydrogen-bond acceptors (Lipinski definition) is 2. The topological polar surface area (TPSA) is 29.9 Å². The molecule has 0 fully saturated rings. The average Bonchev–Trinajstić information content (AvgIpc) is 2.74. The van der Waals surface area contributed by atoms with Crippen molar-refractivity contribution in [1.29, 1.82) is 0 Å². The van der Waals surface area contributed by atoms with Gasteiger partial charge in [0.2, 0.25) is 0 Å². The molecular formula is C14H16BrCl2N3. The van der Waals surface area contributed by atoms with Gasteiger partial charge in [-0.05, 0) is 31.5 Å². The Labute approximate surface area is 137 Å². The van der Waals surface area contributed by atoms with Crippen LogP contribution in [0.2, 0.25) is 10.0 Å². The summed E-state index contributed by atoms with van der Waals surface area (Å²) in [4.78, 5) is 0. The molecule has 0 unspecified atom stereocenters. The molecule has 2 rings (SSSR count). The van der Waals surface area contributed by atoms with E-state index < -0.39 is 0 Å². The van der Waals surface area contributed by atoms with Crippen LogP contribution in [-0.2, 0) is 19.5 Å². The van der Waals surface area contributed by atoms with E-state index >= 15 is 0 Å². The highest BCUT2D eigenvalue weighted by Gasteiger charge is 2.14. The summed E-state index contributed by atoms with van der Waals surface area (Å²) >= 11 is 16.0. The highest BCUT2D eigenvalue weighted by Crippen LogP contribution is 2.27. The van der Waals surface area contributed by atoms with Crippen LogP contribution in [0.4, 0.5) is 5.69 Å². The molecule has 20 heavy (non-hydrogen) atoms. The normalized spacial score (nSPS) is 10.8. The second-order valence-corrected chi connectivity index (χ2v) is 6.06. The van der Waals surface area contributed by atoms with Crippen LogP contribution in [0.5, 0.6) is 0 Å². The summed E-state index contributed by atoms with van der Waals surface area (Å²) < 4.78 is 2.89. The molecule has 3 nitrogen and oxygen atoms in total. The van der Waals surface area contributed by atoms with Gasteiger partial charge in [0.1, 0.15) is 0 Å². The van der Waals surface area contributed by atoms with Gasteiger partial charge in [-0.15, -0.1) is 0 Å². The number of aryl methyl sites for hydroxylation is 2. The highest BCUT2D eigenvalue weighted by atomic mass is 79.9. The Balaban J connectivity index is 2.20. The van der Waals surface area contributed by atoms with Gasteiger partial charge in [-0.2, -0.15) is 5.10 Å². The molecule has 0 radical (unpaired) electrons. The quantitative estimate of drug-likeness (QED) is 0.782. The molecule has 108 valence electrons. The van der Waals surface area contributed by atoms with Crippen molar-refractivity contribution in [3.05, 3.63) is 44.1 Å². The van der Waals surface area contributed by atoms with Crippen molar-refractivity contribution in [3.8, 4) is 0 Å². The van der Waals surface area contributed by atoms with E-state index in [1.165, 1.54) is 0 Å². The summed E-state index contributed by atoms with van der Waals surface area (Å²) in [6.45, 7) is 5.50. The number of anilines is 1. The van der Waals surface area contributed by atoms with Gasteiger partial charge < -0.3 is 5.32 Å². The minimum Gasteiger partial charge on any atom is -0.378 e. The van der Waals surface area contributed by atoms with Crippen molar-refractivity contribution in [2.24, 2.45) is 0 Å². The van der Waals surface area contributed by atoms with Gasteiger partial charge in [0.25, 0.3) is 0 Å². The molecule has 1 aromatic carbocycles. The second kappa shape index (κ2) is 6.83. The van der Waals surface area contributed by atoms with E-state index in [-0.39, 0.29) is 0 Å². The largest absolute Gasteiger partial charge is 0.378 e. The van der Waals surface area contributed by atoms with Crippen molar-refractivity contribution in [3.63, 3.8) is 0 Å². The monoisotopic (exact) mass is 375 g/mol. The van der Waals surface area contributed by atoms with Gasteiger partial charge in [0.15, 0.2) is 0 Å². The maximum atomic E-state index is 6.38. The SMILES string of the molecule is CCc1nn(CC)c(CNc2ccc(Br)cc2Cl)c1Cl. The van der Waals surface area contributed by atoms with Crippen molar-refractivity contribution >= 4 is 44.8 Å². The van der Waals surface area contributed by atoms with Crippen molar-refractivity contribution < 1.29 is 0 Å². The molecular weight excluding hydrogens is 361 g/mol. The zero-order valence-electron chi connectivity index (χ0n) is 11.4. The third-order valence-corrected chi connectivity index (χ3v) is 4.31. The van der Waals surface area contributed by atoms with E-state index in [0.717, 1.165) is 39.5 Å². The Bertz CT molecular complexity index is 611. The minimum absolute atomic E-state index is 0.598. The van der Waals surface area contributed by atoms with Crippen LogP contribution in [-0.4, -0.2) is 9.78 Å². The molecule has 6 heteroatoms. The van der Waals surface area contributed by atoms with Gasteiger partial charge in [-0.25, -0.2) is 0 Å². The lowest BCUT2D eigenvalue weighted by Crippen LogP contribution is -2.08. The minimum atomic E-state index is 0.598. The molecule has 1 aromatic heterocycles. The highest BCUT2D eigenvalue weighted by molar-refractivity contribution is 9.10. The van der Waals surface area contributed by atoms with Crippen LogP contribution in [0.3, 0.4) is 0 Å². The lowest BCUT2D eigenvalue weighted by Gasteiger charge is -2.10. The lowest BCUT2D eigenvalue weighted by atomic mass is 10.2. The summed E-state index contributed by atoms with van der Waals surface area (Å²) in [6, 6.07) is 5.75. The molecule has 0 amide bonds. The molecule has 0 atom stereocenters. The predicted molar refractivity (Wildman–Crippen MR) is 88.8 cm³/mol. The average molecular weight is 377 g/mol. The number of hydrogen-bond donors (Lipinski definition) is 1. The zero-order chi connectivity index (χ0) is 14.7. The summed E-state index contributed by atoms with van der Waals surface area (Å²) in [5.41, 5.74) is 2.81. The lowest BCUT2D eigenvalue weighted by molar-refractivity contribution is 0.619. The summed E-state index contributed by atoms with van der Waals surface area (Å²) in [6.07, 6.45) is 0.831. The molecule has 0 aliphatic carbocycles. The van der Waals surface area contributed by atoms with Crippen molar-refractivity contribution in [2.75, 3.05) is 5.32 Å². The van der Waals surface area contributed by atoms with Crippen molar-refractivity contribution in [1.82, 2.24) is 9.78 Å². The first-order chi connectivity index (χ1) is 9.56. The third-order valence-electron chi connectivity index (χ3n) is 3.07. The zero-order valence-corrected chi connectivity index (χ0v) is 14.5. The summed E-state index contributed by atoms with van der Waals surface area (Å²) in [5, 5.41) is 9.23. The van der Waals surface area contributed by atoms with Crippen LogP contribution in [0.1, 0.15) is 25.2 Å². The first kappa shape index (κ1) is 15.7. The van der Waals surface area contributed by atoms with Gasteiger partial charge in [0, 0.05) is 11.0 Å². The molecule has 0 bridgehead atoms. The Hall–Kier alpha value is -0.710. The Kier molecular flexibility index (Phi) is 5.35. The number of aromatic nitrogens is 2. The van der Waals surface area contributed by atoms with Crippen LogP contribution < -0.4 is 5.32 Å². The van der Waals surface area contributed by atoms with E-state index in [1.807, 2.05) is 22.9 Å². The molecule has 0 saturated carbocycles. The Morgan fingerprint density at radius 3 is 2.65 bits per heavy atom. The van der Waals surface area contributed by atoms with Crippen LogP contribution >= 0.6 is 39.1 Å². The molecule has 0 saturated heterocycles. The second-order valence-electron chi connectivity index (χ2n) is 4.35. The smallest absolute Gasteiger partial charge is 0.0868 e. The predicted octanol–water partition coefficient (Wildman–Crippen LogP) is 5.15. The third kappa shape index (κ3) is 3.30. The van der Waals surface area contributed by atoms with Crippen LogP contribution in [0.15, 0.2) is 22.7 Å². The van der Waals surface area contributed by atoms with Gasteiger partial charge >= 0.3 is 0 Å². The molecule has 1 N–H and O–H groups in total. The number of halogens is 3. The first-order valence-electron chi connectivity index (χ1n) is 6.49. The molecule has 1 heterocycles. The van der Waals surface area contributed by atoms with Crippen LogP contribution in [0, 0.1) is 0 Å². The van der Waals surface area contributed by atoms with Gasteiger partial charge in [0.05, 0.1) is 33.7 Å². The fraction of sp³-hybridized carbons (Fsp3) is 0.357. The fourth-order valence-corrected chi connectivity index (χ4v) is 3.07. The van der Waals surface area contributed by atoms with E-state index in [1.54, 1.807) is 0 Å². The maximum absolute atomic E-state index is 6.38. The van der Waals surface area contributed by atoms with E-state index in [9.17, 15) is 0 Å². The summed E-state index contributed by atoms with van der Waals surface area (Å²) in [5.74, 6) is 0. The standard InChI is InChI=1S/C14H16BrCl2N3/c1-3-11-14(17)13(20(4-2)19-11)8-18-12-6-5-9(15)7-10(12)16/h5-7,18H,3-4,8H2,1-2H3. The van der Waals surface area contributed by atoms with Gasteiger partial charge in [-0.3, -0.25) is 4.68 Å². The number of benzene rings is 1. The fourth-order valence-electron chi connectivity index (χ4n) is 2.00. The van der Waals surface area contributed by atoms with E-state index in [4.69, 9.17) is 23.2 Å². The molecule has 0 spiro atoms. The van der Waals surface area contributed by atoms with E-state index in [0.29, 0.717) is 11.6 Å². The Morgan fingerprint density at radius 1 is 1.30 bits per heavy atom. The van der Waals surface area contributed by atoms with Gasteiger partial charge in [-0.1, -0.05) is 46.1 Å². The maximum Gasteiger partial charge on any atom is 0.0868 e. The van der Waals surface area contributed by atoms with E-state index in [2.05, 4.69) is 40.2 Å². The number of nitrogens with zero attached hydrogens (tertiary/aromatic N) is 2. The van der Waals surface area contributed by atoms with Crippen LogP contribution in [0.25, 0.3) is 0 Å². The first-order valence-corrected chi connectivity index (χ1v) is 8.04. The molecule has 2 aromatic rings. The molecule has 0 aliphatic heterocycles. The van der Waals surface area contributed by atoms with Crippen molar-refractivity contribution in [2.45, 2.75) is 33.4 Å². The Morgan fingerprint density at radius 2 is 2.05 bits per heavy atom. The number of rotatable bonds is 5. The number of nitrogens with one attached hydrogen (secondary N) is 1.